The van der Waals surface area contributed by atoms with Gasteiger partial charge in [-0.1, -0.05) is 18.5 Å². The van der Waals surface area contributed by atoms with Gasteiger partial charge < -0.3 is 5.11 Å². The third kappa shape index (κ3) is 2.60. The van der Waals surface area contributed by atoms with E-state index in [0.29, 0.717) is 20.6 Å². The predicted molar refractivity (Wildman–Crippen MR) is 65.1 cm³/mol. The van der Waals surface area contributed by atoms with Crippen molar-refractivity contribution in [2.24, 2.45) is 0 Å². The molecule has 1 aromatic carbocycles. The van der Waals surface area contributed by atoms with E-state index in [1.165, 1.54) is 6.07 Å². The van der Waals surface area contributed by atoms with Gasteiger partial charge in [-0.2, -0.15) is 0 Å². The summed E-state index contributed by atoms with van der Waals surface area (Å²) in [5.41, 5.74) is 0.323. The third-order valence-electron chi connectivity index (χ3n) is 1.81. The van der Waals surface area contributed by atoms with Crippen molar-refractivity contribution in [2.75, 3.05) is 0 Å². The van der Waals surface area contributed by atoms with E-state index >= 15 is 0 Å². The first-order chi connectivity index (χ1) is 6.56. The Morgan fingerprint density at radius 1 is 1.57 bits per heavy atom. The molecule has 14 heavy (non-hydrogen) atoms. The molecule has 0 saturated carbocycles. The van der Waals surface area contributed by atoms with Crippen LogP contribution in [0.1, 0.15) is 30.1 Å². The smallest absolute Gasteiger partial charge is 0.166 e. The molecule has 0 aliphatic carbocycles. The lowest BCUT2D eigenvalue weighted by Crippen LogP contribution is -1.99. The van der Waals surface area contributed by atoms with Gasteiger partial charge in [0.25, 0.3) is 0 Å². The molecular formula is C10H10ClIO2. The Kier molecular flexibility index (Phi) is 4.19. The number of phenolic OH excluding ortho intramolecular Hbond substituents is 1. The zero-order valence-corrected chi connectivity index (χ0v) is 10.6. The van der Waals surface area contributed by atoms with Gasteiger partial charge in [0, 0.05) is 11.4 Å². The lowest BCUT2D eigenvalue weighted by molar-refractivity contribution is 0.0979. The topological polar surface area (TPSA) is 37.3 Å². The Balaban J connectivity index is 3.13. The quantitative estimate of drug-likeness (QED) is 0.681. The molecule has 4 heteroatoms. The van der Waals surface area contributed by atoms with Crippen molar-refractivity contribution < 1.29 is 9.90 Å². The molecule has 0 unspecified atom stereocenters. The monoisotopic (exact) mass is 324 g/mol. The molecule has 0 aromatic heterocycles. The molecule has 0 radical (unpaired) electrons. The van der Waals surface area contributed by atoms with Crippen molar-refractivity contribution >= 4 is 40.0 Å². The van der Waals surface area contributed by atoms with Crippen LogP contribution in [-0.4, -0.2) is 10.9 Å². The lowest BCUT2D eigenvalue weighted by atomic mass is 10.1. The normalized spacial score (nSPS) is 10.2. The molecule has 2 nitrogen and oxygen atoms in total. The predicted octanol–water partition coefficient (Wildman–Crippen LogP) is 3.63. The van der Waals surface area contributed by atoms with Crippen LogP contribution in [0.5, 0.6) is 5.75 Å². The van der Waals surface area contributed by atoms with E-state index in [1.54, 1.807) is 6.07 Å². The Hall–Kier alpha value is -0.290. The van der Waals surface area contributed by atoms with Crippen molar-refractivity contribution in [1.82, 2.24) is 0 Å². The Labute approximate surface area is 101 Å². The maximum absolute atomic E-state index is 11.5. The van der Waals surface area contributed by atoms with Gasteiger partial charge in [0.15, 0.2) is 5.78 Å². The second-order valence-corrected chi connectivity index (χ2v) is 4.56. The van der Waals surface area contributed by atoms with E-state index in [9.17, 15) is 9.90 Å². The highest BCUT2D eigenvalue weighted by Crippen LogP contribution is 2.29. The molecule has 0 fully saturated rings. The highest BCUT2D eigenvalue weighted by Gasteiger charge is 2.13. The fourth-order valence-corrected chi connectivity index (χ4v) is 2.17. The van der Waals surface area contributed by atoms with Gasteiger partial charge in [-0.25, -0.2) is 0 Å². The average molecular weight is 325 g/mol. The number of rotatable bonds is 3. The van der Waals surface area contributed by atoms with Gasteiger partial charge in [0.1, 0.15) is 5.75 Å². The molecule has 0 bridgehead atoms. The van der Waals surface area contributed by atoms with Crippen LogP contribution in [0, 0.1) is 3.57 Å². The molecule has 0 saturated heterocycles. The number of carbonyl (C=O) groups excluding carboxylic acids is 1. The van der Waals surface area contributed by atoms with Crippen LogP contribution in [0.25, 0.3) is 0 Å². The molecule has 0 heterocycles. The van der Waals surface area contributed by atoms with Gasteiger partial charge in [0.05, 0.1) is 9.13 Å². The zero-order valence-electron chi connectivity index (χ0n) is 7.68. The fourth-order valence-electron chi connectivity index (χ4n) is 1.14. The van der Waals surface area contributed by atoms with Crippen molar-refractivity contribution in [1.29, 1.82) is 0 Å². The number of benzene rings is 1. The molecule has 0 atom stereocenters. The van der Waals surface area contributed by atoms with Crippen LogP contribution in [-0.2, 0) is 0 Å². The summed E-state index contributed by atoms with van der Waals surface area (Å²) in [6.45, 7) is 1.92. The van der Waals surface area contributed by atoms with Crippen LogP contribution in [0.15, 0.2) is 12.1 Å². The number of halogens is 2. The van der Waals surface area contributed by atoms with Gasteiger partial charge >= 0.3 is 0 Å². The van der Waals surface area contributed by atoms with E-state index in [0.717, 1.165) is 6.42 Å². The lowest BCUT2D eigenvalue weighted by Gasteiger charge is -2.05. The first kappa shape index (κ1) is 11.8. The Bertz CT molecular complexity index is 363. The standard InChI is InChI=1S/C10H10ClIO2/c1-2-3-9(13)7-4-6(11)5-8(12)10(7)14/h4-5,14H,2-3H2,1H3. The Morgan fingerprint density at radius 3 is 2.79 bits per heavy atom. The largest absolute Gasteiger partial charge is 0.506 e. The average Bonchev–Trinajstić information content (AvgIpc) is 2.11. The first-order valence-electron chi connectivity index (χ1n) is 4.27. The first-order valence-corrected chi connectivity index (χ1v) is 5.73. The van der Waals surface area contributed by atoms with Gasteiger partial charge in [-0.05, 0) is 41.1 Å². The molecular weight excluding hydrogens is 314 g/mol. The van der Waals surface area contributed by atoms with E-state index in [2.05, 4.69) is 0 Å². The number of aromatic hydroxyl groups is 1. The van der Waals surface area contributed by atoms with E-state index in [4.69, 9.17) is 11.6 Å². The number of carbonyl (C=O) groups is 1. The van der Waals surface area contributed by atoms with Crippen LogP contribution >= 0.6 is 34.2 Å². The van der Waals surface area contributed by atoms with Crippen molar-refractivity contribution in [3.8, 4) is 5.75 Å². The van der Waals surface area contributed by atoms with Crippen LogP contribution < -0.4 is 0 Å². The fraction of sp³-hybridized carbons (Fsp3) is 0.300. The summed E-state index contributed by atoms with van der Waals surface area (Å²) in [6.07, 6.45) is 1.20. The van der Waals surface area contributed by atoms with E-state index in [1.807, 2.05) is 29.5 Å². The van der Waals surface area contributed by atoms with Gasteiger partial charge in [-0.3, -0.25) is 4.79 Å². The summed E-state index contributed by atoms with van der Waals surface area (Å²) in [7, 11) is 0. The minimum absolute atomic E-state index is 0.0356. The van der Waals surface area contributed by atoms with E-state index in [-0.39, 0.29) is 11.5 Å². The molecule has 0 aliphatic heterocycles. The summed E-state index contributed by atoms with van der Waals surface area (Å²) < 4.78 is 0.606. The number of phenols is 1. The number of ketones is 1. The number of hydrogen-bond donors (Lipinski definition) is 1. The minimum Gasteiger partial charge on any atom is -0.506 e. The maximum Gasteiger partial charge on any atom is 0.166 e. The highest BCUT2D eigenvalue weighted by atomic mass is 127. The highest BCUT2D eigenvalue weighted by molar-refractivity contribution is 14.1. The van der Waals surface area contributed by atoms with Crippen LogP contribution in [0.4, 0.5) is 0 Å². The summed E-state index contributed by atoms with van der Waals surface area (Å²) in [5, 5.41) is 10.1. The molecule has 0 aliphatic rings. The molecule has 1 rings (SSSR count). The minimum atomic E-state index is -0.0644. The van der Waals surface area contributed by atoms with Crippen LogP contribution in [0.2, 0.25) is 5.02 Å². The maximum atomic E-state index is 11.5. The summed E-state index contributed by atoms with van der Waals surface area (Å²) in [4.78, 5) is 11.5. The SMILES string of the molecule is CCCC(=O)c1cc(Cl)cc(I)c1O. The summed E-state index contributed by atoms with van der Waals surface area (Å²) >= 11 is 7.75. The number of Topliss-reactive ketones (excluding diaryl/α,β-unsaturated/α-hetero) is 1. The van der Waals surface area contributed by atoms with Crippen molar-refractivity contribution in [2.45, 2.75) is 19.8 Å². The molecule has 76 valence electrons. The van der Waals surface area contributed by atoms with E-state index < -0.39 is 0 Å². The second-order valence-electron chi connectivity index (χ2n) is 2.96. The van der Waals surface area contributed by atoms with Crippen molar-refractivity contribution in [3.05, 3.63) is 26.3 Å². The molecule has 1 N–H and O–H groups in total. The second kappa shape index (κ2) is 4.98. The molecule has 0 amide bonds. The number of hydrogen-bond acceptors (Lipinski definition) is 2. The van der Waals surface area contributed by atoms with Crippen molar-refractivity contribution in [3.63, 3.8) is 0 Å². The Morgan fingerprint density at radius 2 is 2.21 bits per heavy atom. The third-order valence-corrected chi connectivity index (χ3v) is 2.85. The van der Waals surface area contributed by atoms with Gasteiger partial charge in [0.2, 0.25) is 0 Å². The molecule has 1 aromatic rings. The summed E-state index contributed by atoms with van der Waals surface area (Å²) in [6, 6.07) is 3.14. The zero-order chi connectivity index (χ0) is 10.7. The van der Waals surface area contributed by atoms with Gasteiger partial charge in [-0.15, -0.1) is 0 Å². The summed E-state index contributed by atoms with van der Waals surface area (Å²) in [5.74, 6) is -0.0288. The molecule has 0 spiro atoms. The van der Waals surface area contributed by atoms with Crippen LogP contribution in [0.3, 0.4) is 0 Å².